The number of aromatic nitrogens is 1. The first kappa shape index (κ1) is 9.00. The Balaban J connectivity index is 2.86. The molecule has 1 heterocycles. The minimum absolute atomic E-state index is 0.344. The van der Waals surface area contributed by atoms with Crippen molar-refractivity contribution in [1.29, 1.82) is 0 Å². The topological polar surface area (TPSA) is 39.2 Å². The molecular weight excluding hydrogens is 178 g/mol. The molecule has 1 unspecified atom stereocenters. The largest absolute Gasteiger partial charge is 0.460 e. The number of carbonyl (C=O) groups excluding carboxylic acids is 1. The van der Waals surface area contributed by atoms with E-state index in [-0.39, 0.29) is 6.10 Å². The molecule has 4 heteroatoms. The van der Waals surface area contributed by atoms with Crippen LogP contribution in [0.15, 0.2) is 18.3 Å². The maximum Gasteiger partial charge on any atom is 0.293 e. The predicted molar refractivity (Wildman–Crippen MR) is 44.8 cm³/mol. The molecule has 0 spiro atoms. The monoisotopic (exact) mass is 185 g/mol. The van der Waals surface area contributed by atoms with Gasteiger partial charge >= 0.3 is 0 Å². The fourth-order valence-electron chi connectivity index (χ4n) is 0.858. The van der Waals surface area contributed by atoms with Crippen LogP contribution in [0.25, 0.3) is 0 Å². The molecule has 0 amide bonds. The Bertz CT molecular complexity index is 278. The molecule has 0 aliphatic carbocycles. The molecule has 12 heavy (non-hydrogen) atoms. The molecule has 0 N–H and O–H groups in total. The van der Waals surface area contributed by atoms with Crippen molar-refractivity contribution in [3.05, 3.63) is 29.0 Å². The summed E-state index contributed by atoms with van der Waals surface area (Å²) in [4.78, 5) is 13.9. The highest BCUT2D eigenvalue weighted by molar-refractivity contribution is 6.30. The van der Waals surface area contributed by atoms with E-state index in [1.165, 1.54) is 0 Å². The lowest BCUT2D eigenvalue weighted by atomic mass is 10.2. The van der Waals surface area contributed by atoms with Gasteiger partial charge in [0.25, 0.3) is 6.47 Å². The molecule has 0 radical (unpaired) electrons. The first-order valence-electron chi connectivity index (χ1n) is 3.45. The molecule has 0 aliphatic heterocycles. The molecule has 64 valence electrons. The van der Waals surface area contributed by atoms with Gasteiger partial charge in [-0.05, 0) is 13.0 Å². The van der Waals surface area contributed by atoms with Crippen molar-refractivity contribution in [1.82, 2.24) is 4.98 Å². The number of pyridine rings is 1. The van der Waals surface area contributed by atoms with Crippen molar-refractivity contribution in [2.45, 2.75) is 13.0 Å². The number of hydrogen-bond acceptors (Lipinski definition) is 3. The molecule has 0 fully saturated rings. The van der Waals surface area contributed by atoms with Crippen LogP contribution in [0.2, 0.25) is 5.15 Å². The minimum atomic E-state index is -0.344. The minimum Gasteiger partial charge on any atom is -0.460 e. The summed E-state index contributed by atoms with van der Waals surface area (Å²) in [5, 5.41) is 0.367. The first-order valence-corrected chi connectivity index (χ1v) is 3.83. The summed E-state index contributed by atoms with van der Waals surface area (Å²) in [5.74, 6) is 0. The fraction of sp³-hybridized carbons (Fsp3) is 0.250. The summed E-state index contributed by atoms with van der Waals surface area (Å²) in [6.45, 7) is 2.13. The second-order valence-corrected chi connectivity index (χ2v) is 2.62. The van der Waals surface area contributed by atoms with Crippen molar-refractivity contribution in [3.8, 4) is 0 Å². The van der Waals surface area contributed by atoms with E-state index in [9.17, 15) is 4.79 Å². The standard InChI is InChI=1S/C8H8ClNO2/c1-6(12-5-11)7-3-2-4-10-8(7)9/h2-6H,1H3. The highest BCUT2D eigenvalue weighted by Gasteiger charge is 2.09. The van der Waals surface area contributed by atoms with E-state index in [0.29, 0.717) is 17.2 Å². The summed E-state index contributed by atoms with van der Waals surface area (Å²) in [6, 6.07) is 3.51. The Labute approximate surface area is 75.3 Å². The average Bonchev–Trinajstić information content (AvgIpc) is 2.05. The Morgan fingerprint density at radius 2 is 2.50 bits per heavy atom. The normalized spacial score (nSPS) is 12.2. The van der Waals surface area contributed by atoms with Gasteiger partial charge in [0.2, 0.25) is 0 Å². The van der Waals surface area contributed by atoms with Crippen molar-refractivity contribution < 1.29 is 9.53 Å². The van der Waals surface area contributed by atoms with Gasteiger partial charge in [-0.3, -0.25) is 4.79 Å². The number of carbonyl (C=O) groups is 1. The van der Waals surface area contributed by atoms with Gasteiger partial charge < -0.3 is 4.74 Å². The van der Waals surface area contributed by atoms with Crippen LogP contribution in [0.4, 0.5) is 0 Å². The zero-order valence-corrected chi connectivity index (χ0v) is 7.28. The van der Waals surface area contributed by atoms with E-state index in [1.807, 2.05) is 0 Å². The van der Waals surface area contributed by atoms with Crippen molar-refractivity contribution in [3.63, 3.8) is 0 Å². The molecule has 0 aromatic carbocycles. The maximum atomic E-state index is 10.0. The second-order valence-electron chi connectivity index (χ2n) is 2.26. The van der Waals surface area contributed by atoms with E-state index >= 15 is 0 Å². The van der Waals surface area contributed by atoms with E-state index < -0.39 is 0 Å². The zero-order valence-electron chi connectivity index (χ0n) is 6.53. The van der Waals surface area contributed by atoms with Crippen molar-refractivity contribution in [2.24, 2.45) is 0 Å². The third kappa shape index (κ3) is 1.95. The number of ether oxygens (including phenoxy) is 1. The van der Waals surface area contributed by atoms with Gasteiger partial charge in [-0.15, -0.1) is 0 Å². The molecule has 0 bridgehead atoms. The van der Waals surface area contributed by atoms with Gasteiger partial charge in [-0.25, -0.2) is 4.98 Å². The number of rotatable bonds is 3. The van der Waals surface area contributed by atoms with Gasteiger partial charge in [-0.2, -0.15) is 0 Å². The predicted octanol–water partition coefficient (Wildman–Crippen LogP) is 1.97. The van der Waals surface area contributed by atoms with Crippen LogP contribution in [0.1, 0.15) is 18.6 Å². The smallest absolute Gasteiger partial charge is 0.293 e. The van der Waals surface area contributed by atoms with E-state index in [0.717, 1.165) is 0 Å². The summed E-state index contributed by atoms with van der Waals surface area (Å²) < 4.78 is 4.70. The van der Waals surface area contributed by atoms with Gasteiger partial charge in [-0.1, -0.05) is 17.7 Å². The van der Waals surface area contributed by atoms with Crippen LogP contribution in [-0.4, -0.2) is 11.5 Å². The molecule has 1 aromatic rings. The average molecular weight is 186 g/mol. The van der Waals surface area contributed by atoms with Crippen LogP contribution in [0.5, 0.6) is 0 Å². The molecule has 0 aliphatic rings. The van der Waals surface area contributed by atoms with E-state index in [4.69, 9.17) is 16.3 Å². The number of hydrogen-bond donors (Lipinski definition) is 0. The summed E-state index contributed by atoms with van der Waals surface area (Å²) >= 11 is 5.75. The second kappa shape index (κ2) is 4.07. The van der Waals surface area contributed by atoms with E-state index in [1.54, 1.807) is 25.3 Å². The molecule has 0 saturated carbocycles. The van der Waals surface area contributed by atoms with Gasteiger partial charge in [0.05, 0.1) is 0 Å². The summed E-state index contributed by atoms with van der Waals surface area (Å²) in [7, 11) is 0. The van der Waals surface area contributed by atoms with Gasteiger partial charge in [0.1, 0.15) is 11.3 Å². The lowest BCUT2D eigenvalue weighted by Crippen LogP contribution is -1.99. The Morgan fingerprint density at radius 1 is 1.75 bits per heavy atom. The fourth-order valence-corrected chi connectivity index (χ4v) is 1.13. The Morgan fingerprint density at radius 3 is 3.08 bits per heavy atom. The third-order valence-corrected chi connectivity index (χ3v) is 1.80. The van der Waals surface area contributed by atoms with Crippen LogP contribution in [-0.2, 0) is 9.53 Å². The number of halogens is 1. The van der Waals surface area contributed by atoms with Gasteiger partial charge in [0, 0.05) is 11.8 Å². The Kier molecular flexibility index (Phi) is 3.05. The van der Waals surface area contributed by atoms with Crippen molar-refractivity contribution >= 4 is 18.1 Å². The quantitative estimate of drug-likeness (QED) is 0.534. The summed E-state index contributed by atoms with van der Waals surface area (Å²) in [6.07, 6.45) is 1.24. The van der Waals surface area contributed by atoms with Crippen LogP contribution in [0, 0.1) is 0 Å². The molecule has 1 rings (SSSR count). The van der Waals surface area contributed by atoms with Gasteiger partial charge in [0.15, 0.2) is 0 Å². The lowest BCUT2D eigenvalue weighted by molar-refractivity contribution is -0.133. The molecular formula is C8H8ClNO2. The zero-order chi connectivity index (χ0) is 8.97. The van der Waals surface area contributed by atoms with E-state index in [2.05, 4.69) is 4.98 Å². The SMILES string of the molecule is CC(OC=O)c1cccnc1Cl. The van der Waals surface area contributed by atoms with Crippen LogP contribution >= 0.6 is 11.6 Å². The molecule has 1 aromatic heterocycles. The molecule has 0 saturated heterocycles. The van der Waals surface area contributed by atoms with Crippen LogP contribution in [0.3, 0.4) is 0 Å². The molecule has 3 nitrogen and oxygen atoms in total. The highest BCUT2D eigenvalue weighted by Crippen LogP contribution is 2.21. The molecule has 1 atom stereocenters. The third-order valence-electron chi connectivity index (χ3n) is 1.49. The lowest BCUT2D eigenvalue weighted by Gasteiger charge is -2.09. The first-order chi connectivity index (χ1) is 5.75. The summed E-state index contributed by atoms with van der Waals surface area (Å²) in [5.41, 5.74) is 0.714. The highest BCUT2D eigenvalue weighted by atomic mass is 35.5. The maximum absolute atomic E-state index is 10.0. The Hall–Kier alpha value is -1.09. The van der Waals surface area contributed by atoms with Crippen molar-refractivity contribution in [2.75, 3.05) is 0 Å². The number of nitrogens with zero attached hydrogens (tertiary/aromatic N) is 1. The van der Waals surface area contributed by atoms with Crippen LogP contribution < -0.4 is 0 Å².